The summed E-state index contributed by atoms with van der Waals surface area (Å²) in [4.78, 5) is 26.4. The zero-order chi connectivity index (χ0) is 19.1. The van der Waals surface area contributed by atoms with Crippen molar-refractivity contribution >= 4 is 11.8 Å². The van der Waals surface area contributed by atoms with Crippen LogP contribution in [0.2, 0.25) is 0 Å². The summed E-state index contributed by atoms with van der Waals surface area (Å²) in [5.41, 5.74) is 1.15. The fourth-order valence-corrected chi connectivity index (χ4v) is 2.97. The molecule has 1 fully saturated rings. The first-order chi connectivity index (χ1) is 13.2. The average Bonchev–Trinajstić information content (AvgIpc) is 3.26. The SMILES string of the molecule is COc1ccc(OCCNC(=O)c2ccc(C(=O)N3CCCC3)cc2)cc1. The van der Waals surface area contributed by atoms with Crippen LogP contribution >= 0.6 is 0 Å². The Labute approximate surface area is 159 Å². The van der Waals surface area contributed by atoms with Gasteiger partial charge in [-0.15, -0.1) is 0 Å². The van der Waals surface area contributed by atoms with Crippen LogP contribution in [0, 0.1) is 0 Å². The first-order valence-electron chi connectivity index (χ1n) is 9.12. The molecule has 1 heterocycles. The molecule has 2 amide bonds. The third-order valence-corrected chi connectivity index (χ3v) is 4.50. The Bertz CT molecular complexity index is 766. The highest BCUT2D eigenvalue weighted by atomic mass is 16.5. The van der Waals surface area contributed by atoms with Crippen LogP contribution in [0.3, 0.4) is 0 Å². The molecule has 0 radical (unpaired) electrons. The molecule has 1 aliphatic heterocycles. The standard InChI is InChI=1S/C21H24N2O4/c1-26-18-8-10-19(11-9-18)27-15-12-22-20(24)16-4-6-17(7-5-16)21(25)23-13-2-3-14-23/h4-11H,2-3,12-15H2,1H3,(H,22,24). The van der Waals surface area contributed by atoms with Gasteiger partial charge >= 0.3 is 0 Å². The molecular formula is C21H24N2O4. The highest BCUT2D eigenvalue weighted by molar-refractivity contribution is 5.97. The van der Waals surface area contributed by atoms with E-state index in [1.807, 2.05) is 29.2 Å². The minimum Gasteiger partial charge on any atom is -0.497 e. The summed E-state index contributed by atoms with van der Waals surface area (Å²) in [6, 6.07) is 14.1. The van der Waals surface area contributed by atoms with Crippen LogP contribution in [0.25, 0.3) is 0 Å². The topological polar surface area (TPSA) is 67.9 Å². The van der Waals surface area contributed by atoms with Gasteiger partial charge < -0.3 is 19.7 Å². The van der Waals surface area contributed by atoms with Crippen LogP contribution in [-0.4, -0.2) is 50.1 Å². The van der Waals surface area contributed by atoms with E-state index in [0.29, 0.717) is 24.3 Å². The maximum absolute atomic E-state index is 12.3. The third kappa shape index (κ3) is 5.00. The number of amides is 2. The Balaban J connectivity index is 1.44. The summed E-state index contributed by atoms with van der Waals surface area (Å²) in [7, 11) is 1.61. The van der Waals surface area contributed by atoms with Crippen LogP contribution in [-0.2, 0) is 0 Å². The Hall–Kier alpha value is -3.02. The zero-order valence-electron chi connectivity index (χ0n) is 15.4. The lowest BCUT2D eigenvalue weighted by molar-refractivity contribution is 0.0792. The molecule has 142 valence electrons. The average molecular weight is 368 g/mol. The van der Waals surface area contributed by atoms with Gasteiger partial charge in [-0.1, -0.05) is 0 Å². The van der Waals surface area contributed by atoms with Crippen molar-refractivity contribution in [1.29, 1.82) is 0 Å². The van der Waals surface area contributed by atoms with Crippen LogP contribution < -0.4 is 14.8 Å². The highest BCUT2D eigenvalue weighted by Crippen LogP contribution is 2.17. The van der Waals surface area contributed by atoms with Gasteiger partial charge in [-0.05, 0) is 61.4 Å². The van der Waals surface area contributed by atoms with Gasteiger partial charge in [0.05, 0.1) is 13.7 Å². The van der Waals surface area contributed by atoms with Crippen molar-refractivity contribution in [3.63, 3.8) is 0 Å². The van der Waals surface area contributed by atoms with Gasteiger partial charge in [0.2, 0.25) is 0 Å². The summed E-state index contributed by atoms with van der Waals surface area (Å²) in [6.45, 7) is 2.38. The van der Waals surface area contributed by atoms with E-state index in [1.165, 1.54) is 0 Å². The van der Waals surface area contributed by atoms with Gasteiger partial charge in [0.25, 0.3) is 11.8 Å². The second kappa shape index (κ2) is 9.07. The minimum absolute atomic E-state index is 0.0346. The maximum Gasteiger partial charge on any atom is 0.253 e. The van der Waals surface area contributed by atoms with Crippen molar-refractivity contribution in [2.75, 3.05) is 33.4 Å². The van der Waals surface area contributed by atoms with Crippen LogP contribution in [0.4, 0.5) is 0 Å². The molecule has 1 aliphatic rings. The molecule has 0 bridgehead atoms. The van der Waals surface area contributed by atoms with E-state index in [4.69, 9.17) is 9.47 Å². The number of rotatable bonds is 7. The molecule has 27 heavy (non-hydrogen) atoms. The predicted molar refractivity (Wildman–Crippen MR) is 102 cm³/mol. The molecule has 0 saturated carbocycles. The van der Waals surface area contributed by atoms with Crippen molar-refractivity contribution in [2.45, 2.75) is 12.8 Å². The Morgan fingerprint density at radius 1 is 0.926 bits per heavy atom. The number of likely N-dealkylation sites (tertiary alicyclic amines) is 1. The molecule has 2 aromatic carbocycles. The van der Waals surface area contributed by atoms with E-state index in [-0.39, 0.29) is 11.8 Å². The van der Waals surface area contributed by atoms with Crippen molar-refractivity contribution in [2.24, 2.45) is 0 Å². The van der Waals surface area contributed by atoms with E-state index in [0.717, 1.165) is 37.4 Å². The predicted octanol–water partition coefficient (Wildman–Crippen LogP) is 2.74. The van der Waals surface area contributed by atoms with Crippen LogP contribution in [0.1, 0.15) is 33.6 Å². The van der Waals surface area contributed by atoms with Crippen molar-refractivity contribution in [3.05, 3.63) is 59.7 Å². The molecule has 1 N–H and O–H groups in total. The molecule has 0 atom stereocenters. The quantitative estimate of drug-likeness (QED) is 0.763. The van der Waals surface area contributed by atoms with Crippen LogP contribution in [0.15, 0.2) is 48.5 Å². The lowest BCUT2D eigenvalue weighted by atomic mass is 10.1. The van der Waals surface area contributed by atoms with Gasteiger partial charge in [0.15, 0.2) is 0 Å². The molecule has 0 spiro atoms. The number of carbonyl (C=O) groups excluding carboxylic acids is 2. The van der Waals surface area contributed by atoms with Crippen LogP contribution in [0.5, 0.6) is 11.5 Å². The summed E-state index contributed by atoms with van der Waals surface area (Å²) >= 11 is 0. The molecule has 3 rings (SSSR count). The number of ether oxygens (including phenoxy) is 2. The van der Waals surface area contributed by atoms with Crippen molar-refractivity contribution in [1.82, 2.24) is 10.2 Å². The van der Waals surface area contributed by atoms with Gasteiger partial charge in [-0.2, -0.15) is 0 Å². The van der Waals surface area contributed by atoms with E-state index < -0.39 is 0 Å². The summed E-state index contributed by atoms with van der Waals surface area (Å²) in [5, 5.41) is 2.81. The van der Waals surface area contributed by atoms with Crippen molar-refractivity contribution in [3.8, 4) is 11.5 Å². The molecule has 6 heteroatoms. The highest BCUT2D eigenvalue weighted by Gasteiger charge is 2.19. The normalized spacial score (nSPS) is 13.3. The minimum atomic E-state index is -0.187. The van der Waals surface area contributed by atoms with Gasteiger partial charge in [0, 0.05) is 24.2 Å². The monoisotopic (exact) mass is 368 g/mol. The number of carbonyl (C=O) groups is 2. The molecule has 0 unspecified atom stereocenters. The number of hydrogen-bond acceptors (Lipinski definition) is 4. The first-order valence-corrected chi connectivity index (χ1v) is 9.12. The third-order valence-electron chi connectivity index (χ3n) is 4.50. The number of nitrogens with zero attached hydrogens (tertiary/aromatic N) is 1. The second-order valence-corrected chi connectivity index (χ2v) is 6.36. The van der Waals surface area contributed by atoms with Crippen molar-refractivity contribution < 1.29 is 19.1 Å². The van der Waals surface area contributed by atoms with E-state index in [9.17, 15) is 9.59 Å². The number of benzene rings is 2. The van der Waals surface area contributed by atoms with E-state index in [2.05, 4.69) is 5.32 Å². The smallest absolute Gasteiger partial charge is 0.253 e. The molecule has 1 saturated heterocycles. The second-order valence-electron chi connectivity index (χ2n) is 6.36. The molecular weight excluding hydrogens is 344 g/mol. The van der Waals surface area contributed by atoms with Gasteiger partial charge in [-0.3, -0.25) is 9.59 Å². The van der Waals surface area contributed by atoms with Gasteiger partial charge in [-0.25, -0.2) is 0 Å². The number of methoxy groups -OCH3 is 1. The summed E-state index contributed by atoms with van der Waals surface area (Å²) < 4.78 is 10.7. The largest absolute Gasteiger partial charge is 0.497 e. The fourth-order valence-electron chi connectivity index (χ4n) is 2.97. The fraction of sp³-hybridized carbons (Fsp3) is 0.333. The lowest BCUT2D eigenvalue weighted by Gasteiger charge is -2.15. The first kappa shape index (κ1) is 18.8. The maximum atomic E-state index is 12.3. The Morgan fingerprint density at radius 3 is 2.15 bits per heavy atom. The molecule has 6 nitrogen and oxygen atoms in total. The lowest BCUT2D eigenvalue weighted by Crippen LogP contribution is -2.29. The molecule has 0 aliphatic carbocycles. The van der Waals surface area contributed by atoms with E-state index in [1.54, 1.807) is 31.4 Å². The summed E-state index contributed by atoms with van der Waals surface area (Å²) in [5.74, 6) is 1.33. The molecule has 2 aromatic rings. The van der Waals surface area contributed by atoms with E-state index >= 15 is 0 Å². The number of hydrogen-bond donors (Lipinski definition) is 1. The Morgan fingerprint density at radius 2 is 1.52 bits per heavy atom. The van der Waals surface area contributed by atoms with Gasteiger partial charge in [0.1, 0.15) is 18.1 Å². The zero-order valence-corrected chi connectivity index (χ0v) is 15.4. The molecule has 0 aromatic heterocycles. The Kier molecular flexibility index (Phi) is 6.30. The number of nitrogens with one attached hydrogen (secondary N) is 1. The summed E-state index contributed by atoms with van der Waals surface area (Å²) in [6.07, 6.45) is 2.12.